The molecule has 2 aliphatic rings. The Morgan fingerprint density at radius 1 is 1.42 bits per heavy atom. The van der Waals surface area contributed by atoms with E-state index in [1.807, 2.05) is 0 Å². The lowest BCUT2D eigenvalue weighted by atomic mass is 10.1. The van der Waals surface area contributed by atoms with Gasteiger partial charge in [0.1, 0.15) is 5.82 Å². The van der Waals surface area contributed by atoms with Crippen molar-refractivity contribution in [2.24, 2.45) is 5.41 Å². The second kappa shape index (κ2) is 4.85. The van der Waals surface area contributed by atoms with Crippen molar-refractivity contribution in [1.82, 2.24) is 14.9 Å². The van der Waals surface area contributed by atoms with Crippen LogP contribution in [0.15, 0.2) is 10.9 Å². The third kappa shape index (κ3) is 3.07. The van der Waals surface area contributed by atoms with Crippen LogP contribution in [0.2, 0.25) is 0 Å². The lowest BCUT2D eigenvalue weighted by molar-refractivity contribution is 0.271. The minimum Gasteiger partial charge on any atom is -0.369 e. The topological polar surface area (TPSA) is 87.0 Å². The molecule has 0 radical (unpaired) electrons. The molecule has 1 saturated carbocycles. The van der Waals surface area contributed by atoms with Crippen LogP contribution < -0.4 is 16.6 Å². The predicted molar refractivity (Wildman–Crippen MR) is 75.1 cm³/mol. The van der Waals surface area contributed by atoms with Gasteiger partial charge in [0, 0.05) is 24.6 Å². The number of hydrogen-bond acceptors (Lipinski definition) is 5. The monoisotopic (exact) mass is 263 g/mol. The van der Waals surface area contributed by atoms with Gasteiger partial charge in [-0.05, 0) is 38.8 Å². The molecule has 1 aromatic rings. The number of anilines is 2. The van der Waals surface area contributed by atoms with Crippen molar-refractivity contribution in [2.75, 3.05) is 37.2 Å². The summed E-state index contributed by atoms with van der Waals surface area (Å²) < 4.78 is 0. The van der Waals surface area contributed by atoms with Crippen LogP contribution in [0.4, 0.5) is 11.8 Å². The molecule has 1 saturated heterocycles. The number of H-pyrrole nitrogens is 1. The van der Waals surface area contributed by atoms with Gasteiger partial charge in [0.25, 0.3) is 5.56 Å². The lowest BCUT2D eigenvalue weighted by Crippen LogP contribution is -2.32. The summed E-state index contributed by atoms with van der Waals surface area (Å²) in [5.74, 6) is 0.744. The highest BCUT2D eigenvalue weighted by molar-refractivity contribution is 5.38. The number of rotatable bonds is 5. The fourth-order valence-electron chi connectivity index (χ4n) is 2.83. The molecule has 0 bridgehead atoms. The average molecular weight is 263 g/mol. The Hall–Kier alpha value is -1.56. The lowest BCUT2D eigenvalue weighted by Gasteiger charge is -2.23. The van der Waals surface area contributed by atoms with E-state index in [1.54, 1.807) is 0 Å². The maximum absolute atomic E-state index is 11.3. The molecule has 104 valence electrons. The smallest absolute Gasteiger partial charge is 0.254 e. The molecule has 1 aliphatic heterocycles. The number of aromatic nitrogens is 2. The Bertz CT molecular complexity index is 502. The van der Waals surface area contributed by atoms with Gasteiger partial charge >= 0.3 is 0 Å². The summed E-state index contributed by atoms with van der Waals surface area (Å²) in [5, 5.41) is 3.27. The van der Waals surface area contributed by atoms with Crippen LogP contribution in [-0.4, -0.2) is 41.0 Å². The van der Waals surface area contributed by atoms with Gasteiger partial charge in [-0.2, -0.15) is 4.98 Å². The molecule has 4 N–H and O–H groups in total. The SMILES string of the molecule is Nc1nc(NCC2(CN3CCCC3)CC2)cc(=O)[nH]1. The Morgan fingerprint density at radius 2 is 2.16 bits per heavy atom. The molecule has 0 atom stereocenters. The number of likely N-dealkylation sites (tertiary alicyclic amines) is 1. The molecule has 19 heavy (non-hydrogen) atoms. The van der Waals surface area contributed by atoms with Crippen molar-refractivity contribution in [2.45, 2.75) is 25.7 Å². The van der Waals surface area contributed by atoms with E-state index in [2.05, 4.69) is 20.2 Å². The van der Waals surface area contributed by atoms with Gasteiger partial charge in [0.15, 0.2) is 0 Å². The van der Waals surface area contributed by atoms with Gasteiger partial charge in [0.05, 0.1) is 0 Å². The van der Waals surface area contributed by atoms with Gasteiger partial charge < -0.3 is 16.0 Å². The van der Waals surface area contributed by atoms with Crippen molar-refractivity contribution in [3.8, 4) is 0 Å². The number of nitrogens with zero attached hydrogens (tertiary/aromatic N) is 2. The van der Waals surface area contributed by atoms with Crippen LogP contribution in [-0.2, 0) is 0 Å². The number of nitrogen functional groups attached to an aromatic ring is 1. The van der Waals surface area contributed by atoms with Gasteiger partial charge in [-0.15, -0.1) is 0 Å². The molecule has 0 amide bonds. The fourth-order valence-corrected chi connectivity index (χ4v) is 2.83. The highest BCUT2D eigenvalue weighted by Crippen LogP contribution is 2.46. The Labute approximate surface area is 112 Å². The Kier molecular flexibility index (Phi) is 3.18. The minimum absolute atomic E-state index is 0.166. The summed E-state index contributed by atoms with van der Waals surface area (Å²) in [6.07, 6.45) is 5.18. The minimum atomic E-state index is -0.209. The van der Waals surface area contributed by atoms with E-state index in [0.29, 0.717) is 11.2 Å². The number of nitrogens with two attached hydrogens (primary N) is 1. The van der Waals surface area contributed by atoms with Crippen LogP contribution in [0.5, 0.6) is 0 Å². The molecular formula is C13H21N5O. The molecule has 0 spiro atoms. The second-order valence-electron chi connectivity index (χ2n) is 5.85. The zero-order valence-electron chi connectivity index (χ0n) is 11.1. The van der Waals surface area contributed by atoms with E-state index < -0.39 is 0 Å². The molecule has 1 aliphatic carbocycles. The van der Waals surface area contributed by atoms with Crippen molar-refractivity contribution >= 4 is 11.8 Å². The first-order valence-corrected chi connectivity index (χ1v) is 6.98. The Balaban J connectivity index is 1.57. The zero-order valence-corrected chi connectivity index (χ0v) is 11.1. The van der Waals surface area contributed by atoms with Gasteiger partial charge in [0.2, 0.25) is 5.95 Å². The largest absolute Gasteiger partial charge is 0.369 e. The van der Waals surface area contributed by atoms with Crippen LogP contribution in [0.3, 0.4) is 0 Å². The van der Waals surface area contributed by atoms with E-state index in [-0.39, 0.29) is 11.5 Å². The van der Waals surface area contributed by atoms with E-state index in [9.17, 15) is 4.79 Å². The summed E-state index contributed by atoms with van der Waals surface area (Å²) in [5.41, 5.74) is 5.70. The standard InChI is InChI=1S/C13H21N5O/c14-12-16-10(7-11(19)17-12)15-8-13(3-4-13)9-18-5-1-2-6-18/h7H,1-6,8-9H2,(H4,14,15,16,17,19). The number of nitrogens with one attached hydrogen (secondary N) is 2. The summed E-state index contributed by atoms with van der Waals surface area (Å²) in [6, 6.07) is 1.46. The second-order valence-corrected chi connectivity index (χ2v) is 5.85. The van der Waals surface area contributed by atoms with Crippen LogP contribution in [0.1, 0.15) is 25.7 Å². The molecular weight excluding hydrogens is 242 g/mol. The molecule has 0 aromatic carbocycles. The number of hydrogen-bond donors (Lipinski definition) is 3. The van der Waals surface area contributed by atoms with Crippen LogP contribution >= 0.6 is 0 Å². The van der Waals surface area contributed by atoms with Crippen LogP contribution in [0, 0.1) is 5.41 Å². The quantitative estimate of drug-likeness (QED) is 0.725. The molecule has 1 aromatic heterocycles. The summed E-state index contributed by atoms with van der Waals surface area (Å²) >= 11 is 0. The summed E-state index contributed by atoms with van der Waals surface area (Å²) in [6.45, 7) is 4.51. The van der Waals surface area contributed by atoms with E-state index in [0.717, 1.165) is 6.54 Å². The fraction of sp³-hybridized carbons (Fsp3) is 0.692. The molecule has 0 unspecified atom stereocenters. The van der Waals surface area contributed by atoms with E-state index >= 15 is 0 Å². The van der Waals surface area contributed by atoms with Crippen molar-refractivity contribution in [3.63, 3.8) is 0 Å². The van der Waals surface area contributed by atoms with E-state index in [1.165, 1.54) is 51.4 Å². The van der Waals surface area contributed by atoms with Gasteiger partial charge in [-0.25, -0.2) is 0 Å². The predicted octanol–water partition coefficient (Wildman–Crippen LogP) is 0.640. The highest BCUT2D eigenvalue weighted by atomic mass is 16.1. The van der Waals surface area contributed by atoms with Crippen LogP contribution in [0.25, 0.3) is 0 Å². The van der Waals surface area contributed by atoms with Crippen molar-refractivity contribution in [3.05, 3.63) is 16.4 Å². The van der Waals surface area contributed by atoms with E-state index in [4.69, 9.17) is 5.73 Å². The summed E-state index contributed by atoms with van der Waals surface area (Å²) in [4.78, 5) is 20.4. The summed E-state index contributed by atoms with van der Waals surface area (Å²) in [7, 11) is 0. The molecule has 2 fully saturated rings. The normalized spacial score (nSPS) is 21.5. The van der Waals surface area contributed by atoms with Gasteiger partial charge in [-0.1, -0.05) is 0 Å². The maximum atomic E-state index is 11.3. The first kappa shape index (κ1) is 12.5. The maximum Gasteiger partial charge on any atom is 0.254 e. The molecule has 6 heteroatoms. The number of aromatic amines is 1. The average Bonchev–Trinajstić information content (AvgIpc) is 2.91. The molecule has 3 rings (SSSR count). The highest BCUT2D eigenvalue weighted by Gasteiger charge is 2.43. The van der Waals surface area contributed by atoms with Crippen molar-refractivity contribution < 1.29 is 0 Å². The third-order valence-corrected chi connectivity index (χ3v) is 4.12. The molecule has 6 nitrogen and oxygen atoms in total. The zero-order chi connectivity index (χ0) is 13.3. The third-order valence-electron chi connectivity index (χ3n) is 4.12. The van der Waals surface area contributed by atoms with Crippen molar-refractivity contribution in [1.29, 1.82) is 0 Å². The Morgan fingerprint density at radius 3 is 2.79 bits per heavy atom. The first-order valence-electron chi connectivity index (χ1n) is 6.98. The van der Waals surface area contributed by atoms with Gasteiger partial charge in [-0.3, -0.25) is 9.78 Å². The molecule has 2 heterocycles. The first-order chi connectivity index (χ1) is 9.15.